The number of hydrogen-bond acceptors (Lipinski definition) is 3. The van der Waals surface area contributed by atoms with Gasteiger partial charge in [-0.1, -0.05) is 0 Å². The first-order valence-corrected chi connectivity index (χ1v) is 11.7. The van der Waals surface area contributed by atoms with Crippen LogP contribution >= 0.6 is 23.2 Å². The van der Waals surface area contributed by atoms with Crippen LogP contribution in [-0.4, -0.2) is 55.7 Å². The smallest absolute Gasteiger partial charge is 0.150 e. The molecule has 0 N–H and O–H groups in total. The molecule has 0 amide bonds. The largest absolute Gasteiger partial charge is 0.306 e. The molecule has 2 saturated carbocycles. The first kappa shape index (κ1) is 18.3. The summed E-state index contributed by atoms with van der Waals surface area (Å²) in [6.45, 7) is 2.19. The molecule has 5 atom stereocenters. The van der Waals surface area contributed by atoms with Gasteiger partial charge in [0.25, 0.3) is 0 Å². The van der Waals surface area contributed by atoms with Crippen molar-refractivity contribution in [3.63, 3.8) is 0 Å². The molecule has 3 fully saturated rings. The van der Waals surface area contributed by atoms with Gasteiger partial charge in [-0.2, -0.15) is 0 Å². The monoisotopic (exact) mass is 381 g/mol. The Labute approximate surface area is 151 Å². The van der Waals surface area contributed by atoms with Gasteiger partial charge >= 0.3 is 0 Å². The molecule has 1 aliphatic heterocycles. The molecule has 0 aromatic rings. The first-order valence-electron chi connectivity index (χ1n) is 8.91. The molecule has 0 spiro atoms. The molecule has 4 unspecified atom stereocenters. The van der Waals surface area contributed by atoms with E-state index >= 15 is 0 Å². The Balaban J connectivity index is 1.71. The van der Waals surface area contributed by atoms with E-state index in [0.29, 0.717) is 23.7 Å². The van der Waals surface area contributed by atoms with Gasteiger partial charge in [0, 0.05) is 30.1 Å². The van der Waals surface area contributed by atoms with E-state index in [9.17, 15) is 8.42 Å². The summed E-state index contributed by atoms with van der Waals surface area (Å²) in [4.78, 5) is 2.43. The summed E-state index contributed by atoms with van der Waals surface area (Å²) in [5.74, 6) is 2.42. The van der Waals surface area contributed by atoms with Crippen molar-refractivity contribution in [2.24, 2.45) is 23.7 Å². The number of likely N-dealkylation sites (tertiary alicyclic amines) is 1. The Kier molecular flexibility index (Phi) is 5.57. The second kappa shape index (κ2) is 7.01. The number of hydrogen-bond donors (Lipinski definition) is 0. The molecule has 0 radical (unpaired) electrons. The van der Waals surface area contributed by atoms with Gasteiger partial charge in [-0.15, -0.1) is 23.2 Å². The zero-order valence-electron chi connectivity index (χ0n) is 14.1. The number of halogens is 2. The van der Waals surface area contributed by atoms with E-state index in [0.717, 1.165) is 51.6 Å². The fraction of sp³-hybridized carbons (Fsp3) is 1.00. The van der Waals surface area contributed by atoms with Crippen LogP contribution in [0.1, 0.15) is 38.5 Å². The van der Waals surface area contributed by atoms with Crippen LogP contribution in [0, 0.1) is 23.7 Å². The van der Waals surface area contributed by atoms with Crippen molar-refractivity contribution in [2.75, 3.05) is 26.4 Å². The Bertz CT molecular complexity index is 519. The predicted molar refractivity (Wildman–Crippen MR) is 97.1 cm³/mol. The molecular weight excluding hydrogens is 353 g/mol. The number of alkyl halides is 2. The fourth-order valence-electron chi connectivity index (χ4n) is 5.37. The molecule has 0 aromatic heterocycles. The Hall–Kier alpha value is 0.490. The highest BCUT2D eigenvalue weighted by molar-refractivity contribution is 7.91. The summed E-state index contributed by atoms with van der Waals surface area (Å²) in [7, 11) is -0.688. The van der Waals surface area contributed by atoms with Crippen molar-refractivity contribution in [1.82, 2.24) is 4.90 Å². The summed E-state index contributed by atoms with van der Waals surface area (Å²) < 4.78 is 23.6. The number of piperidine rings is 1. The van der Waals surface area contributed by atoms with Crippen LogP contribution in [0.3, 0.4) is 0 Å². The van der Waals surface area contributed by atoms with Crippen molar-refractivity contribution in [3.05, 3.63) is 0 Å². The lowest BCUT2D eigenvalue weighted by atomic mass is 9.63. The van der Waals surface area contributed by atoms with Crippen LogP contribution < -0.4 is 0 Å². The maximum Gasteiger partial charge on any atom is 0.150 e. The van der Waals surface area contributed by atoms with Crippen molar-refractivity contribution in [3.8, 4) is 0 Å². The summed E-state index contributed by atoms with van der Waals surface area (Å²) in [5.41, 5.74) is 0. The molecule has 6 heteroatoms. The Morgan fingerprint density at radius 2 is 1.52 bits per heavy atom. The van der Waals surface area contributed by atoms with Gasteiger partial charge in [-0.25, -0.2) is 8.42 Å². The molecule has 1 saturated heterocycles. The van der Waals surface area contributed by atoms with Crippen molar-refractivity contribution >= 4 is 33.0 Å². The SMILES string of the molecule is CN1CC2C(Cl)CC(Cl)CC2[C@@H](C2CCC(S(C)(=O)=O)CC2)C1. The second-order valence-electron chi connectivity index (χ2n) is 8.16. The molecule has 3 aliphatic rings. The Morgan fingerprint density at radius 1 is 0.913 bits per heavy atom. The van der Waals surface area contributed by atoms with E-state index in [4.69, 9.17) is 23.2 Å². The van der Waals surface area contributed by atoms with Gasteiger partial charge in [0.1, 0.15) is 9.84 Å². The molecule has 1 heterocycles. The minimum atomic E-state index is -2.88. The molecule has 23 heavy (non-hydrogen) atoms. The van der Waals surface area contributed by atoms with Gasteiger partial charge in [-0.05, 0) is 69.2 Å². The van der Waals surface area contributed by atoms with E-state index in [1.165, 1.54) is 6.26 Å². The standard InChI is InChI=1S/C17H29Cl2NO2S/c1-20-9-15(11-3-5-13(6-4-11)23(2,21)22)14-7-12(18)8-17(19)16(14)10-20/h11-17H,3-10H2,1-2H3/t11?,12?,13?,14?,15-,16?,17?/m1/s1. The maximum atomic E-state index is 11.8. The van der Waals surface area contributed by atoms with E-state index in [2.05, 4.69) is 11.9 Å². The molecule has 134 valence electrons. The normalized spacial score (nSPS) is 46.3. The highest BCUT2D eigenvalue weighted by Crippen LogP contribution is 2.48. The lowest BCUT2D eigenvalue weighted by Crippen LogP contribution is -2.53. The highest BCUT2D eigenvalue weighted by atomic mass is 35.5. The first-order chi connectivity index (χ1) is 10.8. The van der Waals surface area contributed by atoms with Gasteiger partial charge in [0.15, 0.2) is 0 Å². The Morgan fingerprint density at radius 3 is 2.13 bits per heavy atom. The quantitative estimate of drug-likeness (QED) is 0.687. The topological polar surface area (TPSA) is 37.4 Å². The van der Waals surface area contributed by atoms with E-state index in [1.807, 2.05) is 0 Å². The van der Waals surface area contributed by atoms with E-state index in [1.54, 1.807) is 0 Å². The summed E-state index contributed by atoms with van der Waals surface area (Å²) in [6, 6.07) is 0. The summed E-state index contributed by atoms with van der Waals surface area (Å²) in [5, 5.41) is 0.273. The number of fused-ring (bicyclic) bond motifs is 1. The molecule has 3 rings (SSSR count). The summed E-state index contributed by atoms with van der Waals surface area (Å²) >= 11 is 13.1. The highest BCUT2D eigenvalue weighted by Gasteiger charge is 2.46. The molecule has 3 nitrogen and oxygen atoms in total. The van der Waals surface area contributed by atoms with Crippen LogP contribution in [0.15, 0.2) is 0 Å². The molecule has 0 aromatic carbocycles. The van der Waals surface area contributed by atoms with Crippen LogP contribution in [-0.2, 0) is 9.84 Å². The minimum Gasteiger partial charge on any atom is -0.306 e. The zero-order chi connectivity index (χ0) is 16.8. The van der Waals surface area contributed by atoms with E-state index in [-0.39, 0.29) is 16.0 Å². The van der Waals surface area contributed by atoms with Crippen molar-refractivity contribution in [1.29, 1.82) is 0 Å². The zero-order valence-corrected chi connectivity index (χ0v) is 16.5. The molecule has 2 aliphatic carbocycles. The van der Waals surface area contributed by atoms with Gasteiger partial charge in [0.2, 0.25) is 0 Å². The lowest BCUT2D eigenvalue weighted by molar-refractivity contribution is 0.0109. The molecule has 0 bridgehead atoms. The maximum absolute atomic E-state index is 11.8. The number of nitrogens with zero attached hydrogens (tertiary/aromatic N) is 1. The minimum absolute atomic E-state index is 0.122. The average molecular weight is 382 g/mol. The van der Waals surface area contributed by atoms with Gasteiger partial charge in [-0.3, -0.25) is 0 Å². The second-order valence-corrected chi connectivity index (χ2v) is 11.7. The number of sulfone groups is 1. The van der Waals surface area contributed by atoms with Crippen molar-refractivity contribution in [2.45, 2.75) is 54.5 Å². The number of rotatable bonds is 2. The van der Waals surface area contributed by atoms with Crippen LogP contribution in [0.5, 0.6) is 0 Å². The third-order valence-corrected chi connectivity index (χ3v) is 9.09. The summed E-state index contributed by atoms with van der Waals surface area (Å²) in [6.07, 6.45) is 7.13. The van der Waals surface area contributed by atoms with Gasteiger partial charge in [0.05, 0.1) is 5.25 Å². The molecular formula is C17H29Cl2NO2S. The van der Waals surface area contributed by atoms with Crippen molar-refractivity contribution < 1.29 is 8.42 Å². The van der Waals surface area contributed by atoms with Gasteiger partial charge < -0.3 is 4.90 Å². The van der Waals surface area contributed by atoms with Crippen LogP contribution in [0.4, 0.5) is 0 Å². The third-order valence-electron chi connectivity index (χ3n) is 6.55. The predicted octanol–water partition coefficient (Wildman–Crippen LogP) is 3.39. The fourth-order valence-corrected chi connectivity index (χ4v) is 7.47. The third kappa shape index (κ3) is 4.02. The average Bonchev–Trinajstić information content (AvgIpc) is 2.47. The van der Waals surface area contributed by atoms with E-state index < -0.39 is 9.84 Å². The van der Waals surface area contributed by atoms with Crippen LogP contribution in [0.2, 0.25) is 0 Å². The van der Waals surface area contributed by atoms with Crippen LogP contribution in [0.25, 0.3) is 0 Å². The lowest BCUT2D eigenvalue weighted by Gasteiger charge is -2.51.